The molecule has 0 spiro atoms. The molecule has 1 heterocycles. The van der Waals surface area contributed by atoms with E-state index < -0.39 is 0 Å². The molecule has 108 valence electrons. The van der Waals surface area contributed by atoms with Gasteiger partial charge >= 0.3 is 6.09 Å². The smallest absolute Gasteiger partial charge is 0.410 e. The van der Waals surface area contributed by atoms with Gasteiger partial charge in [0.15, 0.2) is 5.78 Å². The highest BCUT2D eigenvalue weighted by molar-refractivity contribution is 5.89. The number of benzene rings is 1. The molecule has 20 heavy (non-hydrogen) atoms. The predicted molar refractivity (Wildman–Crippen MR) is 76.2 cm³/mol. The average molecular weight is 275 g/mol. The van der Waals surface area contributed by atoms with E-state index >= 15 is 0 Å². The van der Waals surface area contributed by atoms with Crippen LogP contribution in [-0.4, -0.2) is 29.4 Å². The van der Waals surface area contributed by atoms with Gasteiger partial charge < -0.3 is 4.74 Å². The first-order chi connectivity index (χ1) is 9.59. The Hall–Kier alpha value is -1.84. The summed E-state index contributed by atoms with van der Waals surface area (Å²) in [5.41, 5.74) is 0.951. The quantitative estimate of drug-likeness (QED) is 0.848. The Morgan fingerprint density at radius 2 is 2.00 bits per heavy atom. The lowest BCUT2D eigenvalue weighted by molar-refractivity contribution is -0.125. The fourth-order valence-electron chi connectivity index (χ4n) is 2.47. The van der Waals surface area contributed by atoms with Crippen LogP contribution < -0.4 is 0 Å². The van der Waals surface area contributed by atoms with Gasteiger partial charge in [0.1, 0.15) is 6.61 Å². The van der Waals surface area contributed by atoms with Crippen molar-refractivity contribution in [1.29, 1.82) is 0 Å². The van der Waals surface area contributed by atoms with Crippen molar-refractivity contribution in [1.82, 2.24) is 4.90 Å². The molecule has 0 unspecified atom stereocenters. The normalized spacial score (nSPS) is 18.4. The number of hydrogen-bond acceptors (Lipinski definition) is 3. The highest BCUT2D eigenvalue weighted by Gasteiger charge is 2.35. The maximum atomic E-state index is 12.1. The fraction of sp³-hybridized carbons (Fsp3) is 0.500. The molecular formula is C16H21NO3. The van der Waals surface area contributed by atoms with Crippen LogP contribution in [0.5, 0.6) is 0 Å². The minimum Gasteiger partial charge on any atom is -0.445 e. The van der Waals surface area contributed by atoms with Gasteiger partial charge in [-0.15, -0.1) is 0 Å². The summed E-state index contributed by atoms with van der Waals surface area (Å²) < 4.78 is 5.31. The Kier molecular flexibility index (Phi) is 4.77. The molecule has 1 fully saturated rings. The van der Waals surface area contributed by atoms with Crippen molar-refractivity contribution >= 4 is 11.9 Å². The average Bonchev–Trinajstić information content (AvgIpc) is 2.94. The maximum Gasteiger partial charge on any atom is 0.410 e. The minimum absolute atomic E-state index is 0.0532. The molecule has 0 aromatic heterocycles. The van der Waals surface area contributed by atoms with Crippen LogP contribution in [0.25, 0.3) is 0 Å². The van der Waals surface area contributed by atoms with E-state index in [9.17, 15) is 9.59 Å². The van der Waals surface area contributed by atoms with Crippen LogP contribution >= 0.6 is 0 Å². The van der Waals surface area contributed by atoms with Crippen molar-refractivity contribution in [3.8, 4) is 0 Å². The molecule has 1 aliphatic heterocycles. The number of amides is 1. The molecule has 1 aliphatic rings. The summed E-state index contributed by atoms with van der Waals surface area (Å²) in [5, 5.41) is 0. The number of Topliss-reactive ketones (excluding diaryl/α,β-unsaturated/α-hetero) is 1. The first-order valence-electron chi connectivity index (χ1n) is 7.10. The maximum absolute atomic E-state index is 12.1. The summed E-state index contributed by atoms with van der Waals surface area (Å²) in [6, 6.07) is 9.25. The van der Waals surface area contributed by atoms with E-state index in [1.807, 2.05) is 44.2 Å². The largest absolute Gasteiger partial charge is 0.445 e. The van der Waals surface area contributed by atoms with Crippen LogP contribution in [-0.2, 0) is 16.1 Å². The molecule has 1 aromatic rings. The van der Waals surface area contributed by atoms with Crippen molar-refractivity contribution in [3.63, 3.8) is 0 Å². The number of nitrogens with zero attached hydrogens (tertiary/aromatic N) is 1. The zero-order valence-corrected chi connectivity index (χ0v) is 12.0. The lowest BCUT2D eigenvalue weighted by Crippen LogP contribution is -2.42. The van der Waals surface area contributed by atoms with Gasteiger partial charge in [-0.1, -0.05) is 44.2 Å². The number of ether oxygens (including phenoxy) is 1. The molecule has 0 radical (unpaired) electrons. The molecule has 0 aliphatic carbocycles. The Bertz CT molecular complexity index is 470. The van der Waals surface area contributed by atoms with Crippen molar-refractivity contribution in [2.45, 2.75) is 39.3 Å². The second kappa shape index (κ2) is 6.55. The van der Waals surface area contributed by atoms with E-state index in [1.165, 1.54) is 0 Å². The van der Waals surface area contributed by atoms with Crippen LogP contribution in [0.15, 0.2) is 30.3 Å². The topological polar surface area (TPSA) is 46.6 Å². The Morgan fingerprint density at radius 1 is 1.30 bits per heavy atom. The monoisotopic (exact) mass is 275 g/mol. The first kappa shape index (κ1) is 14.6. The van der Waals surface area contributed by atoms with Crippen molar-refractivity contribution in [2.24, 2.45) is 5.92 Å². The zero-order valence-electron chi connectivity index (χ0n) is 12.0. The van der Waals surface area contributed by atoms with Crippen LogP contribution in [0.2, 0.25) is 0 Å². The molecule has 1 amide bonds. The summed E-state index contributed by atoms with van der Waals surface area (Å²) in [5.74, 6) is 0.0710. The van der Waals surface area contributed by atoms with Gasteiger partial charge in [-0.2, -0.15) is 0 Å². The van der Waals surface area contributed by atoms with Crippen LogP contribution in [0, 0.1) is 5.92 Å². The summed E-state index contributed by atoms with van der Waals surface area (Å²) in [7, 11) is 0. The van der Waals surface area contributed by atoms with E-state index in [-0.39, 0.29) is 30.4 Å². The van der Waals surface area contributed by atoms with Gasteiger partial charge in [0, 0.05) is 12.5 Å². The van der Waals surface area contributed by atoms with Crippen molar-refractivity contribution in [2.75, 3.05) is 6.54 Å². The molecule has 1 saturated heterocycles. The van der Waals surface area contributed by atoms with E-state index in [4.69, 9.17) is 4.74 Å². The Balaban J connectivity index is 1.93. The summed E-state index contributed by atoms with van der Waals surface area (Å²) in [4.78, 5) is 25.8. The lowest BCUT2D eigenvalue weighted by Gasteiger charge is -2.24. The summed E-state index contributed by atoms with van der Waals surface area (Å²) >= 11 is 0. The van der Waals surface area contributed by atoms with E-state index in [1.54, 1.807) is 4.90 Å². The highest BCUT2D eigenvalue weighted by atomic mass is 16.6. The summed E-state index contributed by atoms with van der Waals surface area (Å²) in [6.45, 7) is 4.60. The zero-order chi connectivity index (χ0) is 14.5. The molecule has 0 bridgehead atoms. The SMILES string of the molecule is CC(C)C(=O)[C@@H]1CCCN1C(=O)OCc1ccccc1. The third-order valence-corrected chi connectivity index (χ3v) is 3.59. The Labute approximate surface area is 119 Å². The molecule has 1 atom stereocenters. The summed E-state index contributed by atoms with van der Waals surface area (Å²) in [6.07, 6.45) is 1.23. The van der Waals surface area contributed by atoms with Crippen LogP contribution in [0.1, 0.15) is 32.3 Å². The van der Waals surface area contributed by atoms with Gasteiger partial charge in [-0.05, 0) is 18.4 Å². The van der Waals surface area contributed by atoms with Gasteiger partial charge in [0.2, 0.25) is 0 Å². The number of hydrogen-bond donors (Lipinski definition) is 0. The fourth-order valence-corrected chi connectivity index (χ4v) is 2.47. The van der Waals surface area contributed by atoms with E-state index in [0.29, 0.717) is 6.54 Å². The molecule has 0 saturated carbocycles. The third kappa shape index (κ3) is 3.38. The molecule has 0 N–H and O–H groups in total. The Morgan fingerprint density at radius 3 is 2.65 bits per heavy atom. The van der Waals surface area contributed by atoms with E-state index in [0.717, 1.165) is 18.4 Å². The third-order valence-electron chi connectivity index (χ3n) is 3.59. The lowest BCUT2D eigenvalue weighted by atomic mass is 10.0. The number of carbonyl (C=O) groups is 2. The molecule has 4 nitrogen and oxygen atoms in total. The van der Waals surface area contributed by atoms with Gasteiger partial charge in [-0.25, -0.2) is 4.79 Å². The second-order valence-electron chi connectivity index (χ2n) is 5.45. The molecular weight excluding hydrogens is 254 g/mol. The molecule has 2 rings (SSSR count). The predicted octanol–water partition coefficient (Wildman–Crippen LogP) is 3.01. The van der Waals surface area contributed by atoms with Crippen molar-refractivity contribution in [3.05, 3.63) is 35.9 Å². The van der Waals surface area contributed by atoms with E-state index in [2.05, 4.69) is 0 Å². The second-order valence-corrected chi connectivity index (χ2v) is 5.45. The first-order valence-corrected chi connectivity index (χ1v) is 7.10. The number of rotatable bonds is 4. The van der Waals surface area contributed by atoms with Gasteiger partial charge in [0.25, 0.3) is 0 Å². The number of carbonyl (C=O) groups excluding carboxylic acids is 2. The highest BCUT2D eigenvalue weighted by Crippen LogP contribution is 2.22. The van der Waals surface area contributed by atoms with Gasteiger partial charge in [-0.3, -0.25) is 9.69 Å². The standard InChI is InChI=1S/C16H21NO3/c1-12(2)15(18)14-9-6-10-17(14)16(19)20-11-13-7-4-3-5-8-13/h3-5,7-8,12,14H,6,9-11H2,1-2H3/t14-/m0/s1. The number of likely N-dealkylation sites (tertiary alicyclic amines) is 1. The van der Waals surface area contributed by atoms with Crippen molar-refractivity contribution < 1.29 is 14.3 Å². The van der Waals surface area contributed by atoms with Crippen LogP contribution in [0.3, 0.4) is 0 Å². The van der Waals surface area contributed by atoms with Crippen LogP contribution in [0.4, 0.5) is 4.79 Å². The molecule has 4 heteroatoms. The molecule has 1 aromatic carbocycles. The minimum atomic E-state index is -0.384. The van der Waals surface area contributed by atoms with Gasteiger partial charge in [0.05, 0.1) is 6.04 Å². The number of ketones is 1.